The number of H-pyrrole nitrogens is 3. The van der Waals surface area contributed by atoms with Gasteiger partial charge in [0, 0.05) is 29.5 Å². The van der Waals surface area contributed by atoms with E-state index in [2.05, 4.69) is 35.9 Å². The minimum Gasteiger partial charge on any atom is -0.370 e. The minimum atomic E-state index is -0.245. The van der Waals surface area contributed by atoms with Crippen molar-refractivity contribution >= 4 is 44.6 Å². The summed E-state index contributed by atoms with van der Waals surface area (Å²) < 4.78 is 2.58. The largest absolute Gasteiger partial charge is 0.370 e. The minimum absolute atomic E-state index is 0.151. The van der Waals surface area contributed by atoms with Crippen LogP contribution in [-0.4, -0.2) is 39.1 Å². The molecule has 1 aliphatic heterocycles. The predicted octanol–water partition coefficient (Wildman–Crippen LogP) is 4.76. The molecular formula is C25H27BrN6O2. The molecule has 1 saturated heterocycles. The third-order valence-electron chi connectivity index (χ3n) is 6.69. The van der Waals surface area contributed by atoms with Gasteiger partial charge in [0.25, 0.3) is 5.56 Å². The number of aromatic amines is 3. The van der Waals surface area contributed by atoms with E-state index in [-0.39, 0.29) is 11.2 Å². The Kier molecular flexibility index (Phi) is 5.81. The van der Waals surface area contributed by atoms with Crippen molar-refractivity contribution in [2.45, 2.75) is 40.0 Å². The smallest absolute Gasteiger partial charge is 0.323 e. The molecule has 0 saturated carbocycles. The quantitative estimate of drug-likeness (QED) is 0.336. The van der Waals surface area contributed by atoms with Crippen LogP contribution in [0.2, 0.25) is 0 Å². The SMILES string of the molecule is Cc1[nH]n(-c2ccc(Br)c(C)c2C)c(=O)c1C=Nc1cc2[nH]c(=O)[nH]c2cc1N1CCCCC1. The van der Waals surface area contributed by atoms with Crippen LogP contribution in [0.25, 0.3) is 16.7 Å². The Hall–Kier alpha value is -3.33. The van der Waals surface area contributed by atoms with E-state index in [1.807, 2.05) is 45.0 Å². The monoisotopic (exact) mass is 522 g/mol. The average molecular weight is 523 g/mol. The van der Waals surface area contributed by atoms with Crippen LogP contribution in [0.1, 0.15) is 41.6 Å². The molecule has 0 aliphatic carbocycles. The molecular weight excluding hydrogens is 496 g/mol. The molecule has 4 aromatic rings. The van der Waals surface area contributed by atoms with Crippen molar-refractivity contribution in [1.29, 1.82) is 0 Å². The first-order chi connectivity index (χ1) is 16.3. The highest BCUT2D eigenvalue weighted by Crippen LogP contribution is 2.34. The number of aryl methyl sites for hydroxylation is 1. The number of anilines is 1. The molecule has 9 heteroatoms. The van der Waals surface area contributed by atoms with Crippen molar-refractivity contribution in [2.24, 2.45) is 4.99 Å². The molecule has 8 nitrogen and oxygen atoms in total. The first kappa shape index (κ1) is 22.5. The summed E-state index contributed by atoms with van der Waals surface area (Å²) in [6, 6.07) is 7.72. The van der Waals surface area contributed by atoms with E-state index in [9.17, 15) is 9.59 Å². The van der Waals surface area contributed by atoms with Gasteiger partial charge in [0.15, 0.2) is 0 Å². The number of imidazole rings is 1. The van der Waals surface area contributed by atoms with Gasteiger partial charge in [-0.3, -0.25) is 14.9 Å². The first-order valence-electron chi connectivity index (χ1n) is 11.5. The Balaban J connectivity index is 1.58. The van der Waals surface area contributed by atoms with Crippen molar-refractivity contribution in [3.8, 4) is 5.69 Å². The van der Waals surface area contributed by atoms with Crippen molar-refractivity contribution in [3.63, 3.8) is 0 Å². The summed E-state index contributed by atoms with van der Waals surface area (Å²) in [5, 5.41) is 3.20. The summed E-state index contributed by atoms with van der Waals surface area (Å²) in [7, 11) is 0. The summed E-state index contributed by atoms with van der Waals surface area (Å²) in [6.07, 6.45) is 5.09. The van der Waals surface area contributed by atoms with Gasteiger partial charge >= 0.3 is 5.69 Å². The highest BCUT2D eigenvalue weighted by molar-refractivity contribution is 9.10. The lowest BCUT2D eigenvalue weighted by molar-refractivity contribution is 0.578. The third-order valence-corrected chi connectivity index (χ3v) is 7.55. The van der Waals surface area contributed by atoms with E-state index in [1.165, 1.54) is 6.42 Å². The van der Waals surface area contributed by atoms with Gasteiger partial charge in [0.1, 0.15) is 0 Å². The number of benzene rings is 2. The van der Waals surface area contributed by atoms with Gasteiger partial charge in [0.2, 0.25) is 0 Å². The first-order valence-corrected chi connectivity index (χ1v) is 12.3. The molecule has 5 rings (SSSR count). The summed E-state index contributed by atoms with van der Waals surface area (Å²) in [6.45, 7) is 7.79. The van der Waals surface area contributed by atoms with Gasteiger partial charge in [-0.2, -0.15) is 0 Å². The molecule has 1 fully saturated rings. The number of aliphatic imine (C=N–C) groups is 1. The number of piperidine rings is 1. The number of aromatic nitrogens is 4. The maximum atomic E-state index is 13.3. The van der Waals surface area contributed by atoms with Crippen molar-refractivity contribution in [3.05, 3.63) is 72.0 Å². The predicted molar refractivity (Wildman–Crippen MR) is 141 cm³/mol. The molecule has 0 atom stereocenters. The van der Waals surface area contributed by atoms with Crippen LogP contribution in [-0.2, 0) is 0 Å². The van der Waals surface area contributed by atoms with Crippen LogP contribution in [0.4, 0.5) is 11.4 Å². The third kappa shape index (κ3) is 3.94. The van der Waals surface area contributed by atoms with Crippen molar-refractivity contribution in [1.82, 2.24) is 19.7 Å². The fraction of sp³-hybridized carbons (Fsp3) is 0.320. The summed E-state index contributed by atoms with van der Waals surface area (Å²) in [5.74, 6) is 0. The zero-order valence-electron chi connectivity index (χ0n) is 19.5. The van der Waals surface area contributed by atoms with Gasteiger partial charge in [-0.05, 0) is 75.4 Å². The molecule has 34 heavy (non-hydrogen) atoms. The van der Waals surface area contributed by atoms with E-state index in [1.54, 1.807) is 10.9 Å². The molecule has 3 heterocycles. The fourth-order valence-electron chi connectivity index (χ4n) is 4.58. The Morgan fingerprint density at radius 2 is 1.65 bits per heavy atom. The average Bonchev–Trinajstić information content (AvgIpc) is 3.33. The lowest BCUT2D eigenvalue weighted by Gasteiger charge is -2.29. The van der Waals surface area contributed by atoms with Crippen LogP contribution in [0.3, 0.4) is 0 Å². The van der Waals surface area contributed by atoms with E-state index >= 15 is 0 Å². The molecule has 0 bridgehead atoms. The van der Waals surface area contributed by atoms with Crippen molar-refractivity contribution in [2.75, 3.05) is 18.0 Å². The number of halogens is 1. The summed E-state index contributed by atoms with van der Waals surface area (Å²) in [4.78, 5) is 37.9. The number of hydrogen-bond donors (Lipinski definition) is 3. The van der Waals surface area contributed by atoms with E-state index < -0.39 is 0 Å². The standard InChI is InChI=1S/C25H27BrN6O2/c1-14-15(2)22(8-7-18(14)26)32-24(33)17(16(3)30-32)13-27-21-11-19-20(29-25(34)28-19)12-23(21)31-9-5-4-6-10-31/h7-8,11-13,30H,4-6,9-10H2,1-3H3,(H2,28,29,34). The van der Waals surface area contributed by atoms with E-state index in [0.29, 0.717) is 11.1 Å². The van der Waals surface area contributed by atoms with Crippen molar-refractivity contribution < 1.29 is 0 Å². The zero-order valence-corrected chi connectivity index (χ0v) is 21.0. The molecule has 0 unspecified atom stereocenters. The van der Waals surface area contributed by atoms with E-state index in [4.69, 9.17) is 4.99 Å². The molecule has 3 N–H and O–H groups in total. The molecule has 2 aromatic carbocycles. The van der Waals surface area contributed by atoms with Crippen LogP contribution in [0, 0.1) is 20.8 Å². The second kappa shape index (κ2) is 8.79. The molecule has 1 aliphatic rings. The van der Waals surface area contributed by atoms with Gasteiger partial charge in [-0.25, -0.2) is 9.48 Å². The second-order valence-corrected chi connectivity index (χ2v) is 9.73. The number of hydrogen-bond acceptors (Lipinski definition) is 4. The lowest BCUT2D eigenvalue weighted by Crippen LogP contribution is -2.29. The van der Waals surface area contributed by atoms with Crippen LogP contribution in [0.5, 0.6) is 0 Å². The normalized spacial score (nSPS) is 14.5. The molecule has 0 radical (unpaired) electrons. The number of nitrogens with one attached hydrogen (secondary N) is 3. The summed E-state index contributed by atoms with van der Waals surface area (Å²) in [5.41, 5.74) is 6.92. The van der Waals surface area contributed by atoms with E-state index in [0.717, 1.165) is 69.8 Å². The van der Waals surface area contributed by atoms with Gasteiger partial charge in [-0.1, -0.05) is 15.9 Å². The second-order valence-electron chi connectivity index (χ2n) is 8.88. The Labute approximate surface area is 204 Å². The Morgan fingerprint density at radius 1 is 0.941 bits per heavy atom. The molecule has 0 spiro atoms. The molecule has 2 aromatic heterocycles. The Morgan fingerprint density at radius 3 is 2.38 bits per heavy atom. The van der Waals surface area contributed by atoms with Crippen LogP contribution in [0.15, 0.2) is 43.3 Å². The zero-order chi connectivity index (χ0) is 24.0. The van der Waals surface area contributed by atoms with Gasteiger partial charge in [-0.15, -0.1) is 0 Å². The van der Waals surface area contributed by atoms with Crippen LogP contribution >= 0.6 is 15.9 Å². The number of fused-ring (bicyclic) bond motifs is 1. The highest BCUT2D eigenvalue weighted by Gasteiger charge is 2.18. The van der Waals surface area contributed by atoms with Crippen LogP contribution < -0.4 is 16.1 Å². The maximum Gasteiger partial charge on any atom is 0.323 e. The maximum absolute atomic E-state index is 13.3. The molecule has 176 valence electrons. The molecule has 0 amide bonds. The fourth-order valence-corrected chi connectivity index (χ4v) is 5.01. The Bertz CT molecular complexity index is 1530. The number of rotatable bonds is 4. The number of nitrogens with zero attached hydrogens (tertiary/aromatic N) is 3. The lowest BCUT2D eigenvalue weighted by atomic mass is 10.1. The highest BCUT2D eigenvalue weighted by atomic mass is 79.9. The van der Waals surface area contributed by atoms with Gasteiger partial charge in [0.05, 0.1) is 33.7 Å². The summed E-state index contributed by atoms with van der Waals surface area (Å²) >= 11 is 3.55. The topological polar surface area (TPSA) is 102 Å². The van der Waals surface area contributed by atoms with Gasteiger partial charge < -0.3 is 14.9 Å².